The van der Waals surface area contributed by atoms with Crippen LogP contribution in [0.4, 0.5) is 10.8 Å². The molecule has 2 heterocycles. The summed E-state index contributed by atoms with van der Waals surface area (Å²) in [6.07, 6.45) is 1.56. The van der Waals surface area contributed by atoms with E-state index >= 15 is 0 Å². The Morgan fingerprint density at radius 3 is 2.93 bits per heavy atom. The summed E-state index contributed by atoms with van der Waals surface area (Å²) in [5.74, 6) is -0.873. The van der Waals surface area contributed by atoms with E-state index in [4.69, 9.17) is 4.74 Å². The molecule has 1 N–H and O–H groups in total. The lowest BCUT2D eigenvalue weighted by molar-refractivity contribution is -0.384. The van der Waals surface area contributed by atoms with Crippen LogP contribution in [-0.2, 0) is 16.0 Å². The summed E-state index contributed by atoms with van der Waals surface area (Å²) in [4.78, 5) is 38.4. The van der Waals surface area contributed by atoms with Crippen LogP contribution in [0.5, 0.6) is 0 Å². The number of carbonyl (C=O) groups excluding carboxylic acids is 2. The Morgan fingerprint density at radius 2 is 2.18 bits per heavy atom. The zero-order valence-corrected chi connectivity index (χ0v) is 15.5. The maximum Gasteiger partial charge on any atom is 0.311 e. The van der Waals surface area contributed by atoms with Gasteiger partial charge in [-0.2, -0.15) is 5.10 Å². The summed E-state index contributed by atoms with van der Waals surface area (Å²) in [6.45, 7) is 2.01. The minimum Gasteiger partial charge on any atom is -0.466 e. The Morgan fingerprint density at radius 1 is 1.36 bits per heavy atom. The van der Waals surface area contributed by atoms with E-state index in [0.29, 0.717) is 23.1 Å². The lowest BCUT2D eigenvalue weighted by Gasteiger charge is -2.01. The molecule has 0 saturated heterocycles. The van der Waals surface area contributed by atoms with Crippen molar-refractivity contribution in [2.45, 2.75) is 13.3 Å². The van der Waals surface area contributed by atoms with E-state index in [1.54, 1.807) is 18.4 Å². The number of esters is 1. The van der Waals surface area contributed by atoms with Crippen molar-refractivity contribution >= 4 is 34.0 Å². The highest BCUT2D eigenvalue weighted by Crippen LogP contribution is 2.18. The molecule has 144 valence electrons. The zero-order chi connectivity index (χ0) is 20.1. The number of non-ortho nitro benzene ring substituents is 1. The molecule has 0 aliphatic carbocycles. The molecule has 0 saturated carbocycles. The number of nitro benzene ring substituents is 1. The predicted molar refractivity (Wildman–Crippen MR) is 101 cm³/mol. The Kier molecular flexibility index (Phi) is 5.75. The molecule has 0 aliphatic heterocycles. The SMILES string of the molecule is CCOC(=O)Cc1csc(NC(=O)c2ccn(-c3cccc([N+](=O)[O-])c3)n2)n1. The van der Waals surface area contributed by atoms with Gasteiger partial charge in [0.25, 0.3) is 11.6 Å². The van der Waals surface area contributed by atoms with Crippen LogP contribution in [0.25, 0.3) is 5.69 Å². The van der Waals surface area contributed by atoms with Gasteiger partial charge in [-0.15, -0.1) is 11.3 Å². The summed E-state index contributed by atoms with van der Waals surface area (Å²) >= 11 is 1.18. The number of thiazole rings is 1. The molecular weight excluding hydrogens is 386 g/mol. The number of ether oxygens (including phenoxy) is 1. The van der Waals surface area contributed by atoms with Gasteiger partial charge in [-0.3, -0.25) is 25.0 Å². The Bertz CT molecular complexity index is 1030. The fourth-order valence-corrected chi connectivity index (χ4v) is 3.01. The molecule has 10 nitrogen and oxygen atoms in total. The molecule has 28 heavy (non-hydrogen) atoms. The highest BCUT2D eigenvalue weighted by atomic mass is 32.1. The molecular formula is C17H15N5O5S. The third-order valence-electron chi connectivity index (χ3n) is 3.53. The number of benzene rings is 1. The fourth-order valence-electron chi connectivity index (χ4n) is 2.30. The van der Waals surface area contributed by atoms with Crippen molar-refractivity contribution < 1.29 is 19.2 Å². The van der Waals surface area contributed by atoms with Gasteiger partial charge >= 0.3 is 5.97 Å². The molecule has 3 aromatic rings. The van der Waals surface area contributed by atoms with Crippen LogP contribution in [0.3, 0.4) is 0 Å². The van der Waals surface area contributed by atoms with Crippen molar-refractivity contribution in [2.24, 2.45) is 0 Å². The summed E-state index contributed by atoms with van der Waals surface area (Å²) in [7, 11) is 0. The number of carbonyl (C=O) groups is 2. The van der Waals surface area contributed by atoms with Gasteiger partial charge in [0.05, 0.1) is 29.3 Å². The Hall–Kier alpha value is -3.60. The summed E-state index contributed by atoms with van der Waals surface area (Å²) in [5, 5.41) is 19.6. The second-order valence-corrected chi connectivity index (χ2v) is 6.36. The Labute approximate surface area is 162 Å². The number of nitro groups is 1. The van der Waals surface area contributed by atoms with E-state index in [1.165, 1.54) is 46.5 Å². The van der Waals surface area contributed by atoms with E-state index in [0.717, 1.165) is 0 Å². The topological polar surface area (TPSA) is 129 Å². The molecule has 1 aromatic carbocycles. The number of anilines is 1. The third kappa shape index (κ3) is 4.57. The second kappa shape index (κ2) is 8.39. The van der Waals surface area contributed by atoms with E-state index in [2.05, 4.69) is 15.4 Å². The van der Waals surface area contributed by atoms with E-state index in [9.17, 15) is 19.7 Å². The van der Waals surface area contributed by atoms with Crippen LogP contribution in [0.15, 0.2) is 41.9 Å². The lowest BCUT2D eigenvalue weighted by atomic mass is 10.3. The highest BCUT2D eigenvalue weighted by Gasteiger charge is 2.15. The first-order valence-electron chi connectivity index (χ1n) is 8.18. The predicted octanol–water partition coefficient (Wildman–Crippen LogP) is 2.59. The first kappa shape index (κ1) is 19.2. The molecule has 2 aromatic heterocycles. The maximum absolute atomic E-state index is 12.3. The Balaban J connectivity index is 1.68. The normalized spacial score (nSPS) is 10.5. The number of nitrogens with zero attached hydrogens (tertiary/aromatic N) is 4. The van der Waals surface area contributed by atoms with E-state index < -0.39 is 10.8 Å². The maximum atomic E-state index is 12.3. The standard InChI is InChI=1S/C17H15N5O5S/c1-2-27-15(23)8-11-10-28-17(18-11)19-16(24)14-6-7-21(20-14)12-4-3-5-13(9-12)22(25)26/h3-7,9-10H,2,8H2,1H3,(H,18,19,24). The van der Waals surface area contributed by atoms with Gasteiger partial charge in [-0.25, -0.2) is 9.67 Å². The average Bonchev–Trinajstić information content (AvgIpc) is 3.32. The van der Waals surface area contributed by atoms with Crippen molar-refractivity contribution in [1.82, 2.24) is 14.8 Å². The van der Waals surface area contributed by atoms with E-state index in [1.807, 2.05) is 0 Å². The van der Waals surface area contributed by atoms with Gasteiger partial charge in [-0.1, -0.05) is 6.07 Å². The number of rotatable bonds is 7. The minimum atomic E-state index is -0.503. The van der Waals surface area contributed by atoms with Gasteiger partial charge in [0.1, 0.15) is 0 Å². The minimum absolute atomic E-state index is 0.0294. The van der Waals surface area contributed by atoms with Gasteiger partial charge in [0.2, 0.25) is 0 Å². The van der Waals surface area contributed by atoms with Crippen molar-refractivity contribution in [2.75, 3.05) is 11.9 Å². The van der Waals surface area contributed by atoms with Crippen LogP contribution >= 0.6 is 11.3 Å². The largest absolute Gasteiger partial charge is 0.466 e. The third-order valence-corrected chi connectivity index (χ3v) is 4.34. The molecule has 3 rings (SSSR count). The smallest absolute Gasteiger partial charge is 0.311 e. The second-order valence-electron chi connectivity index (χ2n) is 5.50. The molecule has 0 atom stereocenters. The average molecular weight is 401 g/mol. The monoisotopic (exact) mass is 401 g/mol. The van der Waals surface area contributed by atoms with Crippen LogP contribution in [0, 0.1) is 10.1 Å². The van der Waals surface area contributed by atoms with E-state index in [-0.39, 0.29) is 23.8 Å². The summed E-state index contributed by atoms with van der Waals surface area (Å²) in [6, 6.07) is 7.40. The summed E-state index contributed by atoms with van der Waals surface area (Å²) < 4.78 is 6.23. The molecule has 0 fully saturated rings. The molecule has 0 unspecified atom stereocenters. The zero-order valence-electron chi connectivity index (χ0n) is 14.7. The van der Waals surface area contributed by atoms with Gasteiger partial charge in [0, 0.05) is 23.7 Å². The number of hydrogen-bond donors (Lipinski definition) is 1. The first-order valence-corrected chi connectivity index (χ1v) is 9.06. The van der Waals surface area contributed by atoms with Crippen LogP contribution in [0.2, 0.25) is 0 Å². The summed E-state index contributed by atoms with van der Waals surface area (Å²) in [5.41, 5.74) is 1.00. The fraction of sp³-hybridized carbons (Fsp3) is 0.176. The lowest BCUT2D eigenvalue weighted by Crippen LogP contribution is -2.13. The van der Waals surface area contributed by atoms with Gasteiger partial charge < -0.3 is 4.74 Å². The van der Waals surface area contributed by atoms with Gasteiger partial charge in [-0.05, 0) is 19.1 Å². The molecule has 1 amide bonds. The first-order chi connectivity index (χ1) is 13.5. The van der Waals surface area contributed by atoms with Crippen LogP contribution in [-0.4, -0.2) is 38.2 Å². The van der Waals surface area contributed by atoms with Crippen molar-refractivity contribution in [1.29, 1.82) is 0 Å². The quantitative estimate of drug-likeness (QED) is 0.366. The number of aromatic nitrogens is 3. The highest BCUT2D eigenvalue weighted by molar-refractivity contribution is 7.14. The van der Waals surface area contributed by atoms with Crippen LogP contribution < -0.4 is 5.32 Å². The van der Waals surface area contributed by atoms with Crippen molar-refractivity contribution in [3.05, 3.63) is 63.4 Å². The molecule has 0 aliphatic rings. The van der Waals surface area contributed by atoms with Gasteiger partial charge in [0.15, 0.2) is 10.8 Å². The number of hydrogen-bond acceptors (Lipinski definition) is 8. The number of amides is 1. The van der Waals surface area contributed by atoms with Crippen LogP contribution in [0.1, 0.15) is 23.1 Å². The van der Waals surface area contributed by atoms with Crippen molar-refractivity contribution in [3.63, 3.8) is 0 Å². The molecule has 0 bridgehead atoms. The molecule has 0 radical (unpaired) electrons. The molecule has 11 heteroatoms. The molecule has 0 spiro atoms. The van der Waals surface area contributed by atoms with Crippen molar-refractivity contribution in [3.8, 4) is 5.69 Å². The number of nitrogens with one attached hydrogen (secondary N) is 1.